The summed E-state index contributed by atoms with van der Waals surface area (Å²) in [7, 11) is -1.46. The summed E-state index contributed by atoms with van der Waals surface area (Å²) >= 11 is 0. The van der Waals surface area contributed by atoms with E-state index in [9.17, 15) is 0 Å². The summed E-state index contributed by atoms with van der Waals surface area (Å²) in [5.74, 6) is 0. The topological polar surface area (TPSA) is 61.3 Å². The Morgan fingerprint density at radius 1 is 1.23 bits per heavy atom. The maximum atomic E-state index is 5.98. The van der Waals surface area contributed by atoms with Crippen LogP contribution in [0.1, 0.15) is 19.8 Å². The lowest BCUT2D eigenvalue weighted by Crippen LogP contribution is -2.35. The molecule has 0 heterocycles. The zero-order chi connectivity index (χ0) is 10.3. The van der Waals surface area contributed by atoms with Gasteiger partial charge in [-0.2, -0.15) is 0 Å². The maximum Gasteiger partial charge on any atom is 0.187 e. The van der Waals surface area contributed by atoms with Crippen LogP contribution in [0.5, 0.6) is 0 Å². The van der Waals surface area contributed by atoms with Gasteiger partial charge in [0.1, 0.15) is 0 Å². The largest absolute Gasteiger partial charge is 0.415 e. The molecule has 0 aliphatic heterocycles. The monoisotopic (exact) mass is 204 g/mol. The second-order valence-electron chi connectivity index (χ2n) is 4.16. The first-order valence-electron chi connectivity index (χ1n) is 5.10. The minimum Gasteiger partial charge on any atom is -0.415 e. The van der Waals surface area contributed by atoms with Gasteiger partial charge in [0.2, 0.25) is 0 Å². The molecule has 13 heavy (non-hydrogen) atoms. The van der Waals surface area contributed by atoms with Crippen molar-refractivity contribution < 1.29 is 4.43 Å². The Balaban J connectivity index is 3.71. The van der Waals surface area contributed by atoms with E-state index in [1.807, 2.05) is 0 Å². The molecular formula is C9H24N2OSi. The molecule has 0 radical (unpaired) electrons. The summed E-state index contributed by atoms with van der Waals surface area (Å²) in [4.78, 5) is 0. The van der Waals surface area contributed by atoms with Crippen LogP contribution in [-0.2, 0) is 4.43 Å². The van der Waals surface area contributed by atoms with Crippen LogP contribution < -0.4 is 11.5 Å². The van der Waals surface area contributed by atoms with Crippen LogP contribution in [0, 0.1) is 0 Å². The Hall–Kier alpha value is 0.0969. The Labute approximate surface area is 83.0 Å². The van der Waals surface area contributed by atoms with Gasteiger partial charge in [-0.15, -0.1) is 0 Å². The minimum absolute atomic E-state index is 0.310. The first kappa shape index (κ1) is 13.1. The molecule has 0 bridgehead atoms. The van der Waals surface area contributed by atoms with E-state index in [1.54, 1.807) is 0 Å². The highest BCUT2D eigenvalue weighted by Gasteiger charge is 2.23. The second kappa shape index (κ2) is 6.54. The van der Waals surface area contributed by atoms with Crippen LogP contribution in [0.2, 0.25) is 19.1 Å². The Kier molecular flexibility index (Phi) is 6.58. The molecule has 80 valence electrons. The molecule has 1 unspecified atom stereocenters. The maximum absolute atomic E-state index is 5.98. The Bertz CT molecular complexity index is 131. The highest BCUT2D eigenvalue weighted by molar-refractivity contribution is 6.71. The van der Waals surface area contributed by atoms with E-state index >= 15 is 0 Å². The molecule has 0 aliphatic rings. The first-order valence-corrected chi connectivity index (χ1v) is 8.21. The van der Waals surface area contributed by atoms with Crippen LogP contribution in [0.3, 0.4) is 0 Å². The van der Waals surface area contributed by atoms with E-state index in [4.69, 9.17) is 15.9 Å². The number of nitrogens with two attached hydrogens (primary N) is 2. The highest BCUT2D eigenvalue weighted by Crippen LogP contribution is 2.16. The smallest absolute Gasteiger partial charge is 0.187 e. The lowest BCUT2D eigenvalue weighted by Gasteiger charge is -2.27. The van der Waals surface area contributed by atoms with Crippen molar-refractivity contribution in [2.75, 3.05) is 13.1 Å². The van der Waals surface area contributed by atoms with Gasteiger partial charge < -0.3 is 15.9 Å². The predicted octanol–water partition coefficient (Wildman–Crippen LogP) is 1.29. The van der Waals surface area contributed by atoms with Crippen molar-refractivity contribution in [3.63, 3.8) is 0 Å². The van der Waals surface area contributed by atoms with E-state index in [0.29, 0.717) is 12.6 Å². The van der Waals surface area contributed by atoms with Crippen LogP contribution in [0.15, 0.2) is 0 Å². The quantitative estimate of drug-likeness (QED) is 0.614. The highest BCUT2D eigenvalue weighted by atomic mass is 28.4. The van der Waals surface area contributed by atoms with Gasteiger partial charge in [-0.25, -0.2) is 0 Å². The molecule has 0 saturated heterocycles. The van der Waals surface area contributed by atoms with E-state index in [-0.39, 0.29) is 0 Å². The molecule has 4 N–H and O–H groups in total. The lowest BCUT2D eigenvalue weighted by atomic mass is 10.3. The molecule has 0 saturated carbocycles. The van der Waals surface area contributed by atoms with Crippen molar-refractivity contribution in [3.8, 4) is 0 Å². The summed E-state index contributed by atoms with van der Waals surface area (Å²) in [5, 5.41) is 0. The SMILES string of the molecule is CC(CCN)O[Si](C)(C)CCCN. The van der Waals surface area contributed by atoms with Crippen LogP contribution >= 0.6 is 0 Å². The molecule has 0 aromatic rings. The van der Waals surface area contributed by atoms with E-state index in [0.717, 1.165) is 25.4 Å². The summed E-state index contributed by atoms with van der Waals surface area (Å²) in [6, 6.07) is 1.15. The van der Waals surface area contributed by atoms with Crippen molar-refractivity contribution in [1.29, 1.82) is 0 Å². The fourth-order valence-corrected chi connectivity index (χ4v) is 3.81. The van der Waals surface area contributed by atoms with Gasteiger partial charge in [0, 0.05) is 6.10 Å². The van der Waals surface area contributed by atoms with Gasteiger partial charge >= 0.3 is 0 Å². The first-order chi connectivity index (χ1) is 6.02. The zero-order valence-electron chi connectivity index (χ0n) is 9.18. The van der Waals surface area contributed by atoms with Gasteiger partial charge in [-0.3, -0.25) is 0 Å². The molecule has 4 heteroatoms. The normalized spacial score (nSPS) is 14.5. The zero-order valence-corrected chi connectivity index (χ0v) is 10.2. The molecule has 0 aliphatic carbocycles. The van der Waals surface area contributed by atoms with E-state index in [1.165, 1.54) is 0 Å². The molecule has 0 spiro atoms. The summed E-state index contributed by atoms with van der Waals surface area (Å²) < 4.78 is 5.98. The van der Waals surface area contributed by atoms with Crippen LogP contribution in [0.4, 0.5) is 0 Å². The number of hydrogen-bond acceptors (Lipinski definition) is 3. The van der Waals surface area contributed by atoms with Gasteiger partial charge in [0.15, 0.2) is 8.32 Å². The molecule has 0 fully saturated rings. The van der Waals surface area contributed by atoms with E-state index < -0.39 is 8.32 Å². The summed E-state index contributed by atoms with van der Waals surface area (Å²) in [6.07, 6.45) is 2.35. The van der Waals surface area contributed by atoms with Gasteiger partial charge in [0.05, 0.1) is 0 Å². The molecular weight excluding hydrogens is 180 g/mol. The Morgan fingerprint density at radius 3 is 2.31 bits per heavy atom. The summed E-state index contributed by atoms with van der Waals surface area (Å²) in [6.45, 7) is 8.07. The van der Waals surface area contributed by atoms with Crippen molar-refractivity contribution >= 4 is 8.32 Å². The van der Waals surface area contributed by atoms with Gasteiger partial charge in [0.25, 0.3) is 0 Å². The standard InChI is InChI=1S/C9H24N2OSi/c1-9(5-7-11)12-13(2,3)8-4-6-10/h9H,4-8,10-11H2,1-3H3. The lowest BCUT2D eigenvalue weighted by molar-refractivity contribution is 0.203. The molecule has 3 nitrogen and oxygen atoms in total. The third-order valence-corrected chi connectivity index (χ3v) is 4.67. The predicted molar refractivity (Wildman–Crippen MR) is 60.2 cm³/mol. The molecule has 0 amide bonds. The van der Waals surface area contributed by atoms with Crippen molar-refractivity contribution in [1.82, 2.24) is 0 Å². The van der Waals surface area contributed by atoms with Gasteiger partial charge in [-0.1, -0.05) is 0 Å². The van der Waals surface area contributed by atoms with Crippen LogP contribution in [-0.4, -0.2) is 27.5 Å². The van der Waals surface area contributed by atoms with Gasteiger partial charge in [-0.05, 0) is 52.0 Å². The molecule has 0 aromatic carbocycles. The number of hydrogen-bond donors (Lipinski definition) is 2. The van der Waals surface area contributed by atoms with Crippen molar-refractivity contribution in [3.05, 3.63) is 0 Å². The second-order valence-corrected chi connectivity index (χ2v) is 8.41. The third-order valence-electron chi connectivity index (χ3n) is 2.08. The van der Waals surface area contributed by atoms with E-state index in [2.05, 4.69) is 20.0 Å². The average molecular weight is 204 g/mol. The molecule has 0 rings (SSSR count). The fourth-order valence-electron chi connectivity index (χ4n) is 1.42. The summed E-state index contributed by atoms with van der Waals surface area (Å²) in [5.41, 5.74) is 10.9. The average Bonchev–Trinajstić information content (AvgIpc) is 2.00. The fraction of sp³-hybridized carbons (Fsp3) is 1.00. The number of rotatable bonds is 7. The van der Waals surface area contributed by atoms with Crippen molar-refractivity contribution in [2.24, 2.45) is 11.5 Å². The third kappa shape index (κ3) is 7.19. The van der Waals surface area contributed by atoms with Crippen LogP contribution in [0.25, 0.3) is 0 Å². The van der Waals surface area contributed by atoms with Crippen molar-refractivity contribution in [2.45, 2.75) is 45.0 Å². The Morgan fingerprint density at radius 2 is 1.85 bits per heavy atom. The molecule has 1 atom stereocenters. The molecule has 0 aromatic heterocycles. The minimum atomic E-state index is -1.46.